The Morgan fingerprint density at radius 3 is 2.33 bits per heavy atom. The lowest BCUT2D eigenvalue weighted by Gasteiger charge is -2.04. The van der Waals surface area contributed by atoms with E-state index in [1.54, 1.807) is 24.3 Å². The molecule has 3 aromatic carbocycles. The maximum Gasteiger partial charge on any atom is 0.269 e. The molecule has 0 saturated heterocycles. The molecule has 11 heteroatoms. The van der Waals surface area contributed by atoms with E-state index in [-0.39, 0.29) is 10.8 Å². The number of nitrogens with zero attached hydrogens (tertiary/aromatic N) is 5. The standard InChI is InChI=1S/C29H23N7O2S2/c1-19-27(24(32-33-28(30)39)17-14-20-12-15-23(16-13-20)36(37)38)40-29(31-19)35-26(22-10-6-3-7-11-22)18-25(34-35)21-8-4-2-5-9-21/h2-18H,1H3,(H3,30,33,39)/b17-14-,32-24+. The fourth-order valence-corrected chi connectivity index (χ4v) is 5.01. The molecule has 2 heterocycles. The number of nitrogens with two attached hydrogens (primary N) is 1. The van der Waals surface area contributed by atoms with Gasteiger partial charge in [0.1, 0.15) is 5.71 Å². The van der Waals surface area contributed by atoms with Crippen molar-refractivity contribution in [2.75, 3.05) is 0 Å². The van der Waals surface area contributed by atoms with Crippen molar-refractivity contribution in [3.63, 3.8) is 0 Å². The zero-order chi connectivity index (χ0) is 28.1. The number of aryl methyl sites for hydroxylation is 1. The molecule has 0 saturated carbocycles. The minimum absolute atomic E-state index is 0.0208. The topological polar surface area (TPSA) is 124 Å². The number of hydrazone groups is 1. The van der Waals surface area contributed by atoms with Gasteiger partial charge in [0, 0.05) is 23.3 Å². The van der Waals surface area contributed by atoms with Crippen molar-refractivity contribution in [1.29, 1.82) is 0 Å². The van der Waals surface area contributed by atoms with Crippen molar-refractivity contribution >= 4 is 46.1 Å². The molecule has 0 aliphatic heterocycles. The first-order valence-electron chi connectivity index (χ1n) is 12.1. The second-order valence-electron chi connectivity index (χ2n) is 8.62. The lowest BCUT2D eigenvalue weighted by Crippen LogP contribution is -2.25. The summed E-state index contributed by atoms with van der Waals surface area (Å²) in [5.41, 5.74) is 14.1. The van der Waals surface area contributed by atoms with Crippen molar-refractivity contribution in [3.8, 4) is 27.6 Å². The summed E-state index contributed by atoms with van der Waals surface area (Å²) in [6.07, 6.45) is 3.59. The zero-order valence-electron chi connectivity index (χ0n) is 21.3. The molecule has 0 amide bonds. The minimum Gasteiger partial charge on any atom is -0.375 e. The summed E-state index contributed by atoms with van der Waals surface area (Å²) in [6, 6.07) is 28.3. The van der Waals surface area contributed by atoms with E-state index in [2.05, 4.69) is 16.6 Å². The number of nitro groups is 1. The van der Waals surface area contributed by atoms with Gasteiger partial charge in [0.05, 0.1) is 26.9 Å². The highest BCUT2D eigenvalue weighted by atomic mass is 32.1. The van der Waals surface area contributed by atoms with Gasteiger partial charge in [-0.1, -0.05) is 78.1 Å². The number of non-ortho nitro benzene ring substituents is 1. The van der Waals surface area contributed by atoms with Crippen molar-refractivity contribution < 1.29 is 4.92 Å². The van der Waals surface area contributed by atoms with Crippen LogP contribution in [0, 0.1) is 17.0 Å². The third kappa shape index (κ3) is 6.01. The molecule has 40 heavy (non-hydrogen) atoms. The van der Waals surface area contributed by atoms with Crippen LogP contribution in [0.15, 0.2) is 102 Å². The number of rotatable bonds is 8. The van der Waals surface area contributed by atoms with Gasteiger partial charge < -0.3 is 5.73 Å². The van der Waals surface area contributed by atoms with Crippen LogP contribution in [-0.2, 0) is 0 Å². The first kappa shape index (κ1) is 26.6. The van der Waals surface area contributed by atoms with E-state index >= 15 is 0 Å². The molecule has 9 nitrogen and oxygen atoms in total. The van der Waals surface area contributed by atoms with Crippen LogP contribution in [0.4, 0.5) is 5.69 Å². The van der Waals surface area contributed by atoms with E-state index in [0.29, 0.717) is 10.8 Å². The number of nitro benzene ring substituents is 1. The number of hydrogen-bond acceptors (Lipinski definition) is 7. The van der Waals surface area contributed by atoms with Crippen LogP contribution >= 0.6 is 23.6 Å². The number of thiocarbonyl (C=S) groups is 1. The van der Waals surface area contributed by atoms with Crippen molar-refractivity contribution in [2.24, 2.45) is 10.8 Å². The Hall–Kier alpha value is -5.00. The SMILES string of the molecule is Cc1nc(-n2nc(-c3ccccc3)cc2-c2ccccc2)sc1C(/C=C\c1ccc([N+](=O)[O-])cc1)=N/NC(N)=S. The highest BCUT2D eigenvalue weighted by Gasteiger charge is 2.19. The monoisotopic (exact) mass is 565 g/mol. The average molecular weight is 566 g/mol. The number of allylic oxidation sites excluding steroid dienone is 1. The van der Waals surface area contributed by atoms with Crippen LogP contribution in [-0.4, -0.2) is 30.5 Å². The van der Waals surface area contributed by atoms with Gasteiger partial charge in [0.2, 0.25) is 5.13 Å². The largest absolute Gasteiger partial charge is 0.375 e. The molecular formula is C29H23N7O2S2. The number of hydrogen-bond donors (Lipinski definition) is 2. The zero-order valence-corrected chi connectivity index (χ0v) is 22.9. The Labute approximate surface area is 239 Å². The van der Waals surface area contributed by atoms with E-state index in [1.165, 1.54) is 23.5 Å². The predicted molar refractivity (Wildman–Crippen MR) is 163 cm³/mol. The molecule has 198 valence electrons. The molecule has 0 radical (unpaired) electrons. The average Bonchev–Trinajstić information content (AvgIpc) is 3.58. The Morgan fingerprint density at radius 1 is 1.05 bits per heavy atom. The third-order valence-electron chi connectivity index (χ3n) is 5.87. The second-order valence-corrected chi connectivity index (χ2v) is 10.0. The van der Waals surface area contributed by atoms with E-state index in [4.69, 9.17) is 28.0 Å². The summed E-state index contributed by atoms with van der Waals surface area (Å²) in [6.45, 7) is 1.90. The Balaban J connectivity index is 1.56. The van der Waals surface area contributed by atoms with Gasteiger partial charge in [0.25, 0.3) is 5.69 Å². The van der Waals surface area contributed by atoms with E-state index in [1.807, 2.05) is 72.3 Å². The van der Waals surface area contributed by atoms with Crippen LogP contribution in [0.1, 0.15) is 16.1 Å². The quantitative estimate of drug-likeness (QED) is 0.100. The van der Waals surface area contributed by atoms with Crippen molar-refractivity contribution in [3.05, 3.63) is 123 Å². The first-order chi connectivity index (χ1) is 19.4. The molecule has 3 N–H and O–H groups in total. The second kappa shape index (κ2) is 11.8. The summed E-state index contributed by atoms with van der Waals surface area (Å²) >= 11 is 6.39. The maximum absolute atomic E-state index is 11.0. The Bertz CT molecular complexity index is 1730. The van der Waals surface area contributed by atoms with E-state index in [0.717, 1.165) is 38.6 Å². The van der Waals surface area contributed by atoms with Gasteiger partial charge in [-0.15, -0.1) is 0 Å². The van der Waals surface area contributed by atoms with Crippen molar-refractivity contribution in [1.82, 2.24) is 20.2 Å². The molecular weight excluding hydrogens is 543 g/mol. The van der Waals surface area contributed by atoms with Crippen LogP contribution in [0.2, 0.25) is 0 Å². The Kier molecular flexibility index (Phi) is 7.85. The van der Waals surface area contributed by atoms with Gasteiger partial charge in [-0.05, 0) is 49.0 Å². The molecule has 0 aliphatic rings. The Morgan fingerprint density at radius 2 is 1.70 bits per heavy atom. The predicted octanol–water partition coefficient (Wildman–Crippen LogP) is 6.13. The lowest BCUT2D eigenvalue weighted by molar-refractivity contribution is -0.384. The maximum atomic E-state index is 11.0. The fourth-order valence-electron chi connectivity index (χ4n) is 3.96. The smallest absolute Gasteiger partial charge is 0.269 e. The molecule has 0 spiro atoms. The molecule has 0 aliphatic carbocycles. The van der Waals surface area contributed by atoms with Gasteiger partial charge >= 0.3 is 0 Å². The van der Waals surface area contributed by atoms with E-state index in [9.17, 15) is 10.1 Å². The number of benzene rings is 3. The normalized spacial score (nSPS) is 11.6. The molecule has 0 atom stereocenters. The molecule has 0 bridgehead atoms. The van der Waals surface area contributed by atoms with Gasteiger partial charge in [0.15, 0.2) is 5.11 Å². The van der Waals surface area contributed by atoms with Crippen LogP contribution in [0.5, 0.6) is 0 Å². The lowest BCUT2D eigenvalue weighted by atomic mass is 10.1. The summed E-state index contributed by atoms with van der Waals surface area (Å²) in [7, 11) is 0. The third-order valence-corrected chi connectivity index (χ3v) is 7.12. The minimum atomic E-state index is -0.434. The molecule has 5 aromatic rings. The number of aromatic nitrogens is 3. The summed E-state index contributed by atoms with van der Waals surface area (Å²) < 4.78 is 1.84. The van der Waals surface area contributed by atoms with Crippen LogP contribution < -0.4 is 11.2 Å². The summed E-state index contributed by atoms with van der Waals surface area (Å²) in [5.74, 6) is 0. The summed E-state index contributed by atoms with van der Waals surface area (Å²) in [5, 5.41) is 21.0. The molecule has 5 rings (SSSR count). The van der Waals surface area contributed by atoms with Crippen molar-refractivity contribution in [2.45, 2.75) is 6.92 Å². The highest BCUT2D eigenvalue weighted by Crippen LogP contribution is 2.31. The fraction of sp³-hybridized carbons (Fsp3) is 0.0345. The number of thiazole rings is 1. The highest BCUT2D eigenvalue weighted by molar-refractivity contribution is 7.80. The van der Waals surface area contributed by atoms with E-state index < -0.39 is 4.92 Å². The first-order valence-corrected chi connectivity index (χ1v) is 13.4. The van der Waals surface area contributed by atoms with Crippen LogP contribution in [0.25, 0.3) is 33.7 Å². The molecule has 0 unspecified atom stereocenters. The molecule has 0 fully saturated rings. The van der Waals surface area contributed by atoms with Gasteiger partial charge in [-0.3, -0.25) is 15.5 Å². The number of nitrogens with one attached hydrogen (secondary N) is 1. The van der Waals surface area contributed by atoms with Crippen LogP contribution in [0.3, 0.4) is 0 Å². The van der Waals surface area contributed by atoms with Gasteiger partial charge in [-0.25, -0.2) is 9.67 Å². The van der Waals surface area contributed by atoms with Gasteiger partial charge in [-0.2, -0.15) is 10.2 Å². The summed E-state index contributed by atoms with van der Waals surface area (Å²) in [4.78, 5) is 16.2. The molecule has 2 aromatic heterocycles.